The lowest BCUT2D eigenvalue weighted by molar-refractivity contribution is -0.115. The van der Waals surface area contributed by atoms with E-state index in [4.69, 9.17) is 4.52 Å². The zero-order valence-corrected chi connectivity index (χ0v) is 17.3. The average molecular weight is 400 g/mol. The van der Waals surface area contributed by atoms with Crippen molar-refractivity contribution in [2.45, 2.75) is 33.1 Å². The molecule has 0 spiro atoms. The number of rotatable bonds is 6. The molecule has 0 aliphatic rings. The number of nitrogens with zero attached hydrogens (tertiary/aromatic N) is 3. The smallest absolute Gasteiger partial charge is 0.260 e. The van der Waals surface area contributed by atoms with E-state index in [0.29, 0.717) is 17.4 Å². The first kappa shape index (κ1) is 19.6. The van der Waals surface area contributed by atoms with E-state index in [1.54, 1.807) is 0 Å². The highest BCUT2D eigenvalue weighted by molar-refractivity contribution is 5.96. The molecule has 0 atom stereocenters. The first-order valence-corrected chi connectivity index (χ1v) is 9.97. The summed E-state index contributed by atoms with van der Waals surface area (Å²) in [5.41, 5.74) is 4.37. The second kappa shape index (κ2) is 8.37. The van der Waals surface area contributed by atoms with Crippen molar-refractivity contribution in [3.63, 3.8) is 0 Å². The number of benzene rings is 2. The monoisotopic (exact) mass is 400 g/mol. The summed E-state index contributed by atoms with van der Waals surface area (Å²) in [6.45, 7) is 5.97. The van der Waals surface area contributed by atoms with Crippen LogP contribution in [0.1, 0.15) is 36.7 Å². The van der Waals surface area contributed by atoms with Crippen LogP contribution in [0.25, 0.3) is 17.1 Å². The zero-order valence-electron chi connectivity index (χ0n) is 17.3. The largest absolute Gasteiger partial charge is 0.334 e. The molecule has 30 heavy (non-hydrogen) atoms. The summed E-state index contributed by atoms with van der Waals surface area (Å²) in [6, 6.07) is 17.7. The highest BCUT2D eigenvalue weighted by Crippen LogP contribution is 2.30. The van der Waals surface area contributed by atoms with E-state index in [9.17, 15) is 4.79 Å². The summed E-state index contributed by atoms with van der Waals surface area (Å²) >= 11 is 0. The van der Waals surface area contributed by atoms with Crippen LogP contribution in [0.5, 0.6) is 0 Å². The summed E-state index contributed by atoms with van der Waals surface area (Å²) in [4.78, 5) is 17.2. The Labute approximate surface area is 175 Å². The van der Waals surface area contributed by atoms with Gasteiger partial charge in [0.05, 0.1) is 17.7 Å². The average Bonchev–Trinajstić information content (AvgIpc) is 3.42. The standard InChI is InChI=1S/C24H24N4O2/c1-16(2)23-26-24(30-27-23)20-8-6-7-17(3)22(20)25-21(29)15-18-9-11-19(12-10-18)28-13-4-5-14-28/h4-14,16H,15H2,1-3H3,(H,25,29). The van der Waals surface area contributed by atoms with Crippen molar-refractivity contribution in [1.29, 1.82) is 0 Å². The van der Waals surface area contributed by atoms with Crippen molar-refractivity contribution in [1.82, 2.24) is 14.7 Å². The molecule has 1 amide bonds. The molecule has 4 rings (SSSR count). The van der Waals surface area contributed by atoms with E-state index in [1.807, 2.05) is 92.3 Å². The van der Waals surface area contributed by atoms with Crippen LogP contribution in [0.3, 0.4) is 0 Å². The SMILES string of the molecule is Cc1cccc(-c2nc(C(C)C)no2)c1NC(=O)Cc1ccc(-n2cccc2)cc1. The summed E-state index contributed by atoms with van der Waals surface area (Å²) < 4.78 is 7.47. The highest BCUT2D eigenvalue weighted by atomic mass is 16.5. The Morgan fingerprint density at radius 3 is 2.47 bits per heavy atom. The molecule has 0 aliphatic heterocycles. The number of hydrogen-bond acceptors (Lipinski definition) is 4. The first-order chi connectivity index (χ1) is 14.5. The maximum Gasteiger partial charge on any atom is 0.260 e. The lowest BCUT2D eigenvalue weighted by Crippen LogP contribution is -2.16. The molecule has 0 fully saturated rings. The maximum absolute atomic E-state index is 12.8. The topological polar surface area (TPSA) is 73.0 Å². The van der Waals surface area contributed by atoms with Crippen LogP contribution < -0.4 is 5.32 Å². The van der Waals surface area contributed by atoms with Crippen LogP contribution in [0.2, 0.25) is 0 Å². The molecule has 6 nitrogen and oxygen atoms in total. The van der Waals surface area contributed by atoms with E-state index < -0.39 is 0 Å². The second-order valence-corrected chi connectivity index (χ2v) is 7.59. The Balaban J connectivity index is 1.52. The van der Waals surface area contributed by atoms with Crippen LogP contribution in [0, 0.1) is 6.92 Å². The molecule has 0 bridgehead atoms. The minimum atomic E-state index is -0.0946. The van der Waals surface area contributed by atoms with Gasteiger partial charge < -0.3 is 14.4 Å². The third kappa shape index (κ3) is 4.17. The number of aromatic nitrogens is 3. The van der Waals surface area contributed by atoms with Crippen molar-refractivity contribution in [2.24, 2.45) is 0 Å². The normalized spacial score (nSPS) is 11.1. The fourth-order valence-corrected chi connectivity index (χ4v) is 3.25. The number of aryl methyl sites for hydroxylation is 1. The molecule has 0 unspecified atom stereocenters. The van der Waals surface area contributed by atoms with Crippen molar-refractivity contribution >= 4 is 11.6 Å². The lowest BCUT2D eigenvalue weighted by atomic mass is 10.1. The molecular weight excluding hydrogens is 376 g/mol. The van der Waals surface area contributed by atoms with Crippen LogP contribution in [0.15, 0.2) is 71.5 Å². The minimum Gasteiger partial charge on any atom is -0.334 e. The molecule has 0 saturated heterocycles. The van der Waals surface area contributed by atoms with Crippen molar-refractivity contribution in [2.75, 3.05) is 5.32 Å². The van der Waals surface area contributed by atoms with Gasteiger partial charge in [0, 0.05) is 24.0 Å². The van der Waals surface area contributed by atoms with Crippen molar-refractivity contribution in [3.8, 4) is 17.1 Å². The Bertz CT molecular complexity index is 1140. The van der Waals surface area contributed by atoms with Gasteiger partial charge in [-0.25, -0.2) is 0 Å². The Kier molecular flexibility index (Phi) is 5.48. The number of hydrogen-bond donors (Lipinski definition) is 1. The van der Waals surface area contributed by atoms with E-state index >= 15 is 0 Å². The van der Waals surface area contributed by atoms with E-state index in [2.05, 4.69) is 15.5 Å². The second-order valence-electron chi connectivity index (χ2n) is 7.59. The lowest BCUT2D eigenvalue weighted by Gasteiger charge is -2.12. The minimum absolute atomic E-state index is 0.0946. The number of carbonyl (C=O) groups excluding carboxylic acids is 1. The molecule has 0 aliphatic carbocycles. The van der Waals surface area contributed by atoms with Gasteiger partial charge in [0.1, 0.15) is 0 Å². The van der Waals surface area contributed by atoms with Crippen molar-refractivity contribution in [3.05, 3.63) is 83.9 Å². The summed E-state index contributed by atoms with van der Waals surface area (Å²) in [5, 5.41) is 7.07. The van der Waals surface area contributed by atoms with E-state index in [0.717, 1.165) is 22.4 Å². The molecule has 0 saturated carbocycles. The molecule has 152 valence electrons. The molecule has 2 aromatic heterocycles. The first-order valence-electron chi connectivity index (χ1n) is 9.97. The predicted octanol–water partition coefficient (Wildman–Crippen LogP) is 5.14. The number of anilines is 1. The van der Waals surface area contributed by atoms with Gasteiger partial charge in [-0.05, 0) is 48.4 Å². The number of carbonyl (C=O) groups is 1. The van der Waals surface area contributed by atoms with Gasteiger partial charge in [0.15, 0.2) is 5.82 Å². The van der Waals surface area contributed by atoms with Gasteiger partial charge in [-0.3, -0.25) is 4.79 Å². The van der Waals surface area contributed by atoms with Gasteiger partial charge in [-0.1, -0.05) is 43.3 Å². The third-order valence-corrected chi connectivity index (χ3v) is 4.93. The molecule has 2 heterocycles. The molecule has 6 heteroatoms. The fourth-order valence-electron chi connectivity index (χ4n) is 3.25. The Morgan fingerprint density at radius 2 is 1.80 bits per heavy atom. The third-order valence-electron chi connectivity index (χ3n) is 4.93. The zero-order chi connectivity index (χ0) is 21.1. The quantitative estimate of drug-likeness (QED) is 0.486. The van der Waals surface area contributed by atoms with Crippen LogP contribution in [-0.4, -0.2) is 20.6 Å². The maximum atomic E-state index is 12.8. The van der Waals surface area contributed by atoms with Crippen LogP contribution in [-0.2, 0) is 11.2 Å². The van der Waals surface area contributed by atoms with Gasteiger partial charge in [-0.2, -0.15) is 4.98 Å². The van der Waals surface area contributed by atoms with Crippen LogP contribution in [0.4, 0.5) is 5.69 Å². The van der Waals surface area contributed by atoms with Crippen molar-refractivity contribution < 1.29 is 9.32 Å². The summed E-state index contributed by atoms with van der Waals surface area (Å²) in [7, 11) is 0. The number of para-hydroxylation sites is 1. The van der Waals surface area contributed by atoms with E-state index in [-0.39, 0.29) is 18.2 Å². The molecule has 0 radical (unpaired) electrons. The number of nitrogens with one attached hydrogen (secondary N) is 1. The molecule has 1 N–H and O–H groups in total. The summed E-state index contributed by atoms with van der Waals surface area (Å²) in [5.74, 6) is 1.13. The molecule has 2 aromatic carbocycles. The van der Waals surface area contributed by atoms with Gasteiger partial charge >= 0.3 is 0 Å². The Morgan fingerprint density at radius 1 is 1.07 bits per heavy atom. The van der Waals surface area contributed by atoms with Gasteiger partial charge in [-0.15, -0.1) is 0 Å². The summed E-state index contributed by atoms with van der Waals surface area (Å²) in [6.07, 6.45) is 4.26. The number of amides is 1. The van der Waals surface area contributed by atoms with Gasteiger partial charge in [0.25, 0.3) is 5.89 Å². The van der Waals surface area contributed by atoms with Gasteiger partial charge in [0.2, 0.25) is 5.91 Å². The fraction of sp³-hybridized carbons (Fsp3) is 0.208. The van der Waals surface area contributed by atoms with Crippen LogP contribution >= 0.6 is 0 Å². The molecule has 4 aromatic rings. The predicted molar refractivity (Wildman–Crippen MR) is 117 cm³/mol. The highest BCUT2D eigenvalue weighted by Gasteiger charge is 2.17. The Hall–Kier alpha value is -3.67. The van der Waals surface area contributed by atoms with E-state index in [1.165, 1.54) is 0 Å². The molecular formula is C24H24N4O2.